The van der Waals surface area contributed by atoms with E-state index in [9.17, 15) is 25.4 Å². The third kappa shape index (κ3) is 25.9. The minimum atomic E-state index is -1.53. The molecular formula is C127H93BClN10O8Pt-. The van der Waals surface area contributed by atoms with E-state index in [1.165, 1.54) is 0 Å². The first kappa shape index (κ1) is 101. The standard InChI is InChI=1S/C40H29N3O2.C40H28N3O2.C23H19BN2O2.C17H12ClNO2.C7H5N.Pt/c2*44-39-23-10-8-21-35(39)37-28-33(45-32-18-5-2-6-19-32)27-36(42-37)30-16-13-17-31(26-30)43(40-24-11-12-25-41-40)38-22-9-7-20-34(38)29-14-3-1-4-15-29;27-24(28)19-11-8-12-20(17-19)26(23-15-6-7-16-25-23)22-14-5-4-13-21(22)18-9-2-1-3-10-18;18-17-11-13(21-12-6-2-1-3-7-12)10-15(19-17)14-8-4-5-9-16(14)20;8-6-7-4-2-1-3-5-7;/h1-28,44H;1-25,27-28,44H;1-17,27-28H;1-11,20H;1-5H;/q;-1;;;;. The Balaban J connectivity index is 0.000000135. The van der Waals surface area contributed by atoms with Gasteiger partial charge in [0.15, 0.2) is 0 Å². The molecule has 21 heteroatoms. The maximum absolute atomic E-state index is 10.7. The molecule has 0 aliphatic rings. The van der Waals surface area contributed by atoms with Crippen LogP contribution in [-0.2, 0) is 21.1 Å². The molecule has 0 fully saturated rings. The van der Waals surface area contributed by atoms with E-state index in [-0.39, 0.29) is 38.3 Å². The SMILES string of the molecule is N#Cc1ccccc1.OB(O)c1cccc(N(c2ccccn2)c2ccccc2-c2ccccc2)c1.Oc1ccccc1-c1cc(Oc2ccccc2)cc(-c2[c-]c(N(c3ccccn3)c3ccccc3-c3ccccc3)ccc2)n1.Oc1ccccc1-c1cc(Oc2ccccc2)cc(-c2cccc(N(c3ccccn3)c3ccccc3-c3ccccc3)c2)n1.Oc1ccccc1-c1cc(Oc2ccccc2)cc(Cl)n1.[Pt]. The second-order valence-electron chi connectivity index (χ2n) is 33.1. The second-order valence-corrected chi connectivity index (χ2v) is 33.5. The molecule has 148 heavy (non-hydrogen) atoms. The molecule has 0 saturated carbocycles. The van der Waals surface area contributed by atoms with Crippen LogP contribution >= 0.6 is 11.6 Å². The number of aromatic nitrogens is 6. The molecule has 0 bridgehead atoms. The van der Waals surface area contributed by atoms with E-state index in [0.29, 0.717) is 95.8 Å². The van der Waals surface area contributed by atoms with Gasteiger partial charge in [0.25, 0.3) is 0 Å². The predicted molar refractivity (Wildman–Crippen MR) is 589 cm³/mol. The van der Waals surface area contributed by atoms with Gasteiger partial charge in [-0.05, 0) is 203 Å². The van der Waals surface area contributed by atoms with Crippen molar-refractivity contribution in [1.29, 1.82) is 5.26 Å². The summed E-state index contributed by atoms with van der Waals surface area (Å²) in [4.78, 5) is 34.6. The van der Waals surface area contributed by atoms with Crippen LogP contribution < -0.4 is 34.4 Å². The fraction of sp³-hybridized carbons (Fsp3) is 0. The van der Waals surface area contributed by atoms with Crippen molar-refractivity contribution in [3.8, 4) is 147 Å². The van der Waals surface area contributed by atoms with Crippen molar-refractivity contribution in [2.45, 2.75) is 0 Å². The van der Waals surface area contributed by atoms with Gasteiger partial charge in [-0.1, -0.05) is 309 Å². The van der Waals surface area contributed by atoms with Crippen LogP contribution in [0.1, 0.15) is 5.56 Å². The zero-order chi connectivity index (χ0) is 101. The number of hydrogen-bond acceptors (Lipinski definition) is 18. The fourth-order valence-electron chi connectivity index (χ4n) is 16.4. The van der Waals surface area contributed by atoms with Crippen LogP contribution in [0.25, 0.3) is 89.7 Å². The molecule has 16 aromatic carbocycles. The number of benzene rings is 16. The molecule has 0 saturated heterocycles. The molecule has 0 aliphatic carbocycles. The molecule has 5 N–H and O–H groups in total. The number of rotatable bonds is 24. The Kier molecular flexibility index (Phi) is 34.1. The maximum Gasteiger partial charge on any atom is 0.488 e. The topological polar surface area (TPSA) is 240 Å². The summed E-state index contributed by atoms with van der Waals surface area (Å²) < 4.78 is 18.3. The van der Waals surface area contributed by atoms with Crippen LogP contribution in [0.3, 0.4) is 0 Å². The molecule has 0 aliphatic heterocycles. The Hall–Kier alpha value is -18.9. The van der Waals surface area contributed by atoms with Gasteiger partial charge < -0.3 is 44.5 Å². The molecule has 0 atom stereocenters. The number of halogens is 1. The largest absolute Gasteiger partial charge is 0.507 e. The summed E-state index contributed by atoms with van der Waals surface area (Å²) in [6.45, 7) is 0. The smallest absolute Gasteiger partial charge is 0.488 e. The minimum Gasteiger partial charge on any atom is -0.507 e. The van der Waals surface area contributed by atoms with Crippen LogP contribution in [-0.4, -0.2) is 62.4 Å². The van der Waals surface area contributed by atoms with Crippen molar-refractivity contribution >= 4 is 75.8 Å². The van der Waals surface area contributed by atoms with Gasteiger partial charge in [-0.2, -0.15) is 5.26 Å². The summed E-state index contributed by atoms with van der Waals surface area (Å²) in [5.74, 6) is 6.66. The number of pyridine rings is 6. The molecule has 6 heterocycles. The Morgan fingerprint density at radius 2 is 0.588 bits per heavy atom. The monoisotopic (exact) mass is 2130 g/mol. The summed E-state index contributed by atoms with van der Waals surface area (Å²) in [5, 5.41) is 59.1. The summed E-state index contributed by atoms with van der Waals surface area (Å²) in [5.41, 5.74) is 19.8. The van der Waals surface area contributed by atoms with Gasteiger partial charge in [-0.25, -0.2) is 24.9 Å². The number of para-hydroxylation sites is 9. The molecule has 0 amide bonds. The molecule has 6 aromatic heterocycles. The molecule has 0 spiro atoms. The summed E-state index contributed by atoms with van der Waals surface area (Å²) in [6.07, 6.45) is 5.35. The van der Waals surface area contributed by atoms with E-state index in [4.69, 9.17) is 51.0 Å². The Morgan fingerprint density at radius 3 is 0.986 bits per heavy atom. The van der Waals surface area contributed by atoms with Crippen molar-refractivity contribution in [2.75, 3.05) is 14.7 Å². The van der Waals surface area contributed by atoms with Crippen molar-refractivity contribution < 1.29 is 60.6 Å². The second kappa shape index (κ2) is 50.1. The van der Waals surface area contributed by atoms with Crippen LogP contribution in [0.5, 0.6) is 51.7 Å². The number of phenols is 3. The number of ether oxygens (including phenoxy) is 3. The van der Waals surface area contributed by atoms with Gasteiger partial charge in [0.1, 0.15) is 74.4 Å². The van der Waals surface area contributed by atoms with E-state index in [1.807, 2.05) is 357 Å². The third-order valence-electron chi connectivity index (χ3n) is 23.2. The van der Waals surface area contributed by atoms with Gasteiger partial charge in [0, 0.05) is 120 Å². The first-order valence-corrected chi connectivity index (χ1v) is 47.6. The zero-order valence-corrected chi connectivity index (χ0v) is 82.5. The molecule has 0 radical (unpaired) electrons. The van der Waals surface area contributed by atoms with Crippen molar-refractivity contribution in [1.82, 2.24) is 29.9 Å². The fourth-order valence-corrected chi connectivity index (χ4v) is 16.6. The third-order valence-corrected chi connectivity index (χ3v) is 23.4. The predicted octanol–water partition coefficient (Wildman–Crippen LogP) is 31.0. The van der Waals surface area contributed by atoms with Crippen LogP contribution in [0.15, 0.2) is 534 Å². The van der Waals surface area contributed by atoms with Crippen LogP contribution in [0.2, 0.25) is 5.15 Å². The maximum atomic E-state index is 10.7. The molecule has 22 rings (SSSR count). The Labute approximate surface area is 878 Å². The number of nitriles is 1. The summed E-state index contributed by atoms with van der Waals surface area (Å²) in [7, 11) is -1.53. The van der Waals surface area contributed by atoms with E-state index in [0.717, 1.165) is 96.1 Å². The van der Waals surface area contributed by atoms with E-state index < -0.39 is 7.12 Å². The van der Waals surface area contributed by atoms with Gasteiger partial charge in [0.05, 0.1) is 51.5 Å². The van der Waals surface area contributed by atoms with E-state index in [2.05, 4.69) is 123 Å². The molecule has 18 nitrogen and oxygen atoms in total. The zero-order valence-electron chi connectivity index (χ0n) is 79.5. The minimum absolute atomic E-state index is 0. The first-order chi connectivity index (χ1) is 72.3. The van der Waals surface area contributed by atoms with Gasteiger partial charge >= 0.3 is 7.12 Å². The van der Waals surface area contributed by atoms with Crippen molar-refractivity contribution in [3.05, 3.63) is 551 Å². The Bertz CT molecular complexity index is 7840. The number of hydrogen-bond donors (Lipinski definition) is 5. The van der Waals surface area contributed by atoms with Gasteiger partial charge in [-0.15, -0.1) is 29.8 Å². The average molecular weight is 2130 g/mol. The molecule has 0 unspecified atom stereocenters. The summed E-state index contributed by atoms with van der Waals surface area (Å²) >= 11 is 6.05. The molecule has 22 aromatic rings. The number of phenolic OH excluding ortho intramolecular Hbond substituents is 3. The quantitative estimate of drug-likeness (QED) is 0.0215. The Morgan fingerprint density at radius 1 is 0.270 bits per heavy atom. The van der Waals surface area contributed by atoms with Crippen molar-refractivity contribution in [3.63, 3.8) is 0 Å². The first-order valence-electron chi connectivity index (χ1n) is 47.2. The number of nitrogens with zero attached hydrogens (tertiary/aromatic N) is 10. The van der Waals surface area contributed by atoms with Crippen LogP contribution in [0.4, 0.5) is 51.6 Å². The molecule has 720 valence electrons. The number of anilines is 9. The van der Waals surface area contributed by atoms with Crippen LogP contribution in [0, 0.1) is 17.4 Å². The normalized spacial score (nSPS) is 10.4. The van der Waals surface area contributed by atoms with Gasteiger partial charge in [0.2, 0.25) is 0 Å². The van der Waals surface area contributed by atoms with E-state index >= 15 is 0 Å². The van der Waals surface area contributed by atoms with Crippen molar-refractivity contribution in [2.24, 2.45) is 0 Å². The molecular weight excluding hydrogens is 2030 g/mol. The summed E-state index contributed by atoms with van der Waals surface area (Å²) in [6, 6.07) is 170. The number of aromatic hydroxyl groups is 3. The average Bonchev–Trinajstić information content (AvgIpc) is 0.770. The van der Waals surface area contributed by atoms with Gasteiger partial charge in [-0.3, -0.25) is 14.8 Å². The van der Waals surface area contributed by atoms with E-state index in [1.54, 1.807) is 91.3 Å².